The molecule has 356 valence electrons. The van der Waals surface area contributed by atoms with E-state index in [-0.39, 0.29) is 15.2 Å². The zero-order valence-electron chi connectivity index (χ0n) is 41.2. The quantitative estimate of drug-likeness (QED) is 0.0828. The first kappa shape index (κ1) is 50.5. The van der Waals surface area contributed by atoms with Crippen molar-refractivity contribution in [1.29, 1.82) is 0 Å². The highest BCUT2D eigenvalue weighted by atomic mass is 32.2. The number of aromatic nitrogens is 4. The molecule has 0 amide bonds. The Kier molecular flexibility index (Phi) is 15.0. The Bertz CT molecular complexity index is 2540. The van der Waals surface area contributed by atoms with Crippen molar-refractivity contribution in [3.8, 4) is 5.69 Å². The number of tetrazole rings is 1. The van der Waals surface area contributed by atoms with Crippen molar-refractivity contribution in [2.24, 2.45) is 0 Å². The topological polar surface area (TPSA) is 115 Å². The Morgan fingerprint density at radius 1 is 0.642 bits per heavy atom. The molecule has 1 aliphatic heterocycles. The smallest absolute Gasteiger partial charge is 0.272 e. The van der Waals surface area contributed by atoms with Crippen molar-refractivity contribution < 1.29 is 26.4 Å². The van der Waals surface area contributed by atoms with Crippen LogP contribution in [0.3, 0.4) is 0 Å². The Balaban J connectivity index is 1.39. The summed E-state index contributed by atoms with van der Waals surface area (Å²) in [5.74, 6) is -0.411. The van der Waals surface area contributed by atoms with Crippen LogP contribution in [0.15, 0.2) is 157 Å². The molecule has 0 bridgehead atoms. The Hall–Kier alpha value is -4.39. The van der Waals surface area contributed by atoms with E-state index in [1.54, 1.807) is 12.1 Å². The number of hydrogen-bond donors (Lipinski definition) is 0. The van der Waals surface area contributed by atoms with E-state index < -0.39 is 70.0 Å². The van der Waals surface area contributed by atoms with Crippen LogP contribution in [-0.4, -0.2) is 90.4 Å². The number of para-hydroxylation sites is 1. The lowest BCUT2D eigenvalue weighted by Crippen LogP contribution is -2.68. The van der Waals surface area contributed by atoms with Gasteiger partial charge in [-0.25, -0.2) is 8.42 Å². The van der Waals surface area contributed by atoms with Gasteiger partial charge in [-0.2, -0.15) is 4.68 Å². The molecule has 5 aromatic carbocycles. The maximum Gasteiger partial charge on any atom is 0.272 e. The summed E-state index contributed by atoms with van der Waals surface area (Å²) in [5.41, 5.74) is 0.539. The monoisotopic (exact) mass is 974 g/mol. The average Bonchev–Trinajstić information content (AvgIpc) is 3.95. The summed E-state index contributed by atoms with van der Waals surface area (Å²) >= 11 is 0. The Labute approximate surface area is 402 Å². The van der Waals surface area contributed by atoms with Crippen LogP contribution in [0.5, 0.6) is 0 Å². The lowest BCUT2D eigenvalue weighted by atomic mass is 10.1. The van der Waals surface area contributed by atoms with Crippen molar-refractivity contribution in [3.05, 3.63) is 152 Å². The van der Waals surface area contributed by atoms with E-state index in [2.05, 4.69) is 188 Å². The first-order valence-electron chi connectivity index (χ1n) is 23.5. The molecule has 1 saturated heterocycles. The first-order chi connectivity index (χ1) is 31.6. The fraction of sp³-hybridized carbons (Fsp3) is 0.415. The van der Waals surface area contributed by atoms with E-state index >= 15 is 0 Å². The van der Waals surface area contributed by atoms with Gasteiger partial charge in [0.1, 0.15) is 0 Å². The van der Waals surface area contributed by atoms with Crippen LogP contribution < -0.4 is 20.7 Å². The van der Waals surface area contributed by atoms with E-state index in [0.29, 0.717) is 25.1 Å². The van der Waals surface area contributed by atoms with Crippen LogP contribution in [0, 0.1) is 0 Å². The zero-order chi connectivity index (χ0) is 48.3. The highest BCUT2D eigenvalue weighted by molar-refractivity contribution is 7.91. The molecular weight excluding hydrogens is 905 g/mol. The van der Waals surface area contributed by atoms with Gasteiger partial charge in [0.2, 0.25) is 9.84 Å². The summed E-state index contributed by atoms with van der Waals surface area (Å²) in [5, 5.41) is 15.6. The largest absolute Gasteiger partial charge is 0.417 e. The van der Waals surface area contributed by atoms with Gasteiger partial charge < -0.3 is 18.0 Å². The van der Waals surface area contributed by atoms with Gasteiger partial charge in [-0.3, -0.25) is 0 Å². The Morgan fingerprint density at radius 2 is 1.07 bits per heavy atom. The third-order valence-electron chi connectivity index (χ3n) is 13.9. The molecule has 0 saturated carbocycles. The molecule has 10 nitrogen and oxygen atoms in total. The third-order valence-corrected chi connectivity index (χ3v) is 30.1. The maximum atomic E-state index is 14.9. The second kappa shape index (κ2) is 19.9. The van der Waals surface area contributed by atoms with Gasteiger partial charge in [-0.05, 0) is 77.9 Å². The summed E-state index contributed by atoms with van der Waals surface area (Å²) in [7, 11) is -12.8. The molecular formula is C53H70N4O6SSi3. The normalized spacial score (nSPS) is 18.2. The van der Waals surface area contributed by atoms with Crippen LogP contribution >= 0.6 is 0 Å². The number of hydrogen-bond acceptors (Lipinski definition) is 9. The molecule has 1 aliphatic rings. The van der Waals surface area contributed by atoms with Crippen molar-refractivity contribution in [1.82, 2.24) is 20.2 Å². The molecule has 4 atom stereocenters. The number of rotatable bonds is 17. The van der Waals surface area contributed by atoms with Crippen molar-refractivity contribution in [2.45, 2.75) is 133 Å². The molecule has 0 unspecified atom stereocenters. The van der Waals surface area contributed by atoms with Gasteiger partial charge >= 0.3 is 0 Å². The van der Waals surface area contributed by atoms with E-state index in [1.165, 1.54) is 4.68 Å². The van der Waals surface area contributed by atoms with Crippen molar-refractivity contribution in [2.75, 3.05) is 12.4 Å². The second-order valence-corrected chi connectivity index (χ2v) is 36.7. The van der Waals surface area contributed by atoms with Crippen LogP contribution in [-0.2, 0) is 27.9 Å². The SMILES string of the molecule is CC(C)(C)[Si](C)(C)OCC[C@H](O[Si](c1ccccc1)(c1ccccc1)C(C)(C)C)[C@H]1C[C@H](O[Si](c2ccccc2)(c2ccccc2)C(C)(C)C)[C@@H](CS(=O)(=O)c2nnnn2-c2ccccc2)O1. The molecule has 1 fully saturated rings. The summed E-state index contributed by atoms with van der Waals surface area (Å²) in [4.78, 5) is 0. The number of ether oxygens (including phenoxy) is 1. The minimum Gasteiger partial charge on any atom is -0.417 e. The van der Waals surface area contributed by atoms with Crippen LogP contribution in [0.4, 0.5) is 0 Å². The second-order valence-electron chi connectivity index (χ2n) is 21.5. The lowest BCUT2D eigenvalue weighted by molar-refractivity contribution is -0.0345. The first-order valence-corrected chi connectivity index (χ1v) is 31.9. The molecule has 0 radical (unpaired) electrons. The Morgan fingerprint density at radius 3 is 1.51 bits per heavy atom. The van der Waals surface area contributed by atoms with Gasteiger partial charge in [0.05, 0.1) is 35.9 Å². The van der Waals surface area contributed by atoms with Gasteiger partial charge in [0.15, 0.2) is 8.32 Å². The molecule has 67 heavy (non-hydrogen) atoms. The number of sulfone groups is 1. The zero-order valence-corrected chi connectivity index (χ0v) is 45.0. The van der Waals surface area contributed by atoms with E-state index in [4.69, 9.17) is 18.0 Å². The molecule has 0 N–H and O–H groups in total. The molecule has 0 aliphatic carbocycles. The van der Waals surface area contributed by atoms with Gasteiger partial charge in [0, 0.05) is 13.0 Å². The fourth-order valence-electron chi connectivity index (χ4n) is 9.46. The standard InChI is InChI=1S/C53H70N4O6SSi3/c1-51(2,3)65(10,11)60-38-37-46(62-66(52(4,5)6,42-29-19-13-20-30-42)43-31-21-14-22-32-43)47-39-48(49(61-47)40-64(58,59)50-54-55-56-57(50)41-27-17-12-18-28-41)63-67(53(7,8)9,44-33-23-15-24-34-44)45-35-25-16-26-36-45/h12-36,46-49H,37-40H2,1-11H3/t46-,47+,48-,49+/m0/s1. The summed E-state index contributed by atoms with van der Waals surface area (Å²) in [6.07, 6.45) is -1.75. The van der Waals surface area contributed by atoms with E-state index in [9.17, 15) is 8.42 Å². The summed E-state index contributed by atoms with van der Waals surface area (Å²) in [6.45, 7) is 25.3. The van der Waals surface area contributed by atoms with Gasteiger partial charge in [0.25, 0.3) is 21.8 Å². The molecule has 0 spiro atoms. The van der Waals surface area contributed by atoms with E-state index in [0.717, 1.165) is 20.7 Å². The summed E-state index contributed by atoms with van der Waals surface area (Å²) < 4.78 is 61.4. The van der Waals surface area contributed by atoms with Crippen molar-refractivity contribution in [3.63, 3.8) is 0 Å². The fourth-order valence-corrected chi connectivity index (χ4v) is 21.4. The van der Waals surface area contributed by atoms with E-state index in [1.807, 2.05) is 42.5 Å². The highest BCUT2D eigenvalue weighted by Gasteiger charge is 2.57. The molecule has 6 aromatic rings. The predicted octanol–water partition coefficient (Wildman–Crippen LogP) is 8.90. The van der Waals surface area contributed by atoms with Gasteiger partial charge in [-0.1, -0.05) is 207 Å². The van der Waals surface area contributed by atoms with Gasteiger partial charge in [-0.15, -0.1) is 0 Å². The minimum absolute atomic E-state index is 0.00540. The molecule has 1 aromatic heterocycles. The third kappa shape index (κ3) is 10.5. The van der Waals surface area contributed by atoms with Crippen LogP contribution in [0.25, 0.3) is 5.69 Å². The van der Waals surface area contributed by atoms with Crippen molar-refractivity contribution >= 4 is 55.5 Å². The molecule has 7 rings (SSSR count). The lowest BCUT2D eigenvalue weighted by Gasteiger charge is -2.46. The van der Waals surface area contributed by atoms with Crippen LogP contribution in [0.2, 0.25) is 28.2 Å². The molecule has 2 heterocycles. The minimum atomic E-state index is -4.19. The number of benzene rings is 5. The number of nitrogens with zero attached hydrogens (tertiary/aromatic N) is 4. The summed E-state index contributed by atoms with van der Waals surface area (Å²) in [6, 6.07) is 51.3. The van der Waals surface area contributed by atoms with Crippen LogP contribution in [0.1, 0.15) is 75.2 Å². The predicted molar refractivity (Wildman–Crippen MR) is 277 cm³/mol. The highest BCUT2D eigenvalue weighted by Crippen LogP contribution is 2.44. The maximum absolute atomic E-state index is 14.9. The molecule has 14 heteroatoms. The average molecular weight is 975 g/mol.